The molecule has 10 nitrogen and oxygen atoms in total. The van der Waals surface area contributed by atoms with Crippen molar-refractivity contribution >= 4 is 41.8 Å². The van der Waals surface area contributed by atoms with E-state index in [-0.39, 0.29) is 41.6 Å². The van der Waals surface area contributed by atoms with Crippen LogP contribution in [0.2, 0.25) is 0 Å². The van der Waals surface area contributed by atoms with Crippen molar-refractivity contribution < 1.29 is 29.4 Å². The molecule has 2 aromatic rings. The lowest BCUT2D eigenvalue weighted by Gasteiger charge is -2.52. The van der Waals surface area contributed by atoms with Crippen molar-refractivity contribution in [3.8, 4) is 0 Å². The fourth-order valence-electron chi connectivity index (χ4n) is 7.13. The second-order valence-corrected chi connectivity index (χ2v) is 12.9. The van der Waals surface area contributed by atoms with Gasteiger partial charge in [0.2, 0.25) is 11.8 Å². The van der Waals surface area contributed by atoms with Crippen molar-refractivity contribution in [1.29, 1.82) is 0 Å². The van der Waals surface area contributed by atoms with E-state index in [1.165, 1.54) is 12.1 Å². The molecule has 1 saturated carbocycles. The third kappa shape index (κ3) is 7.90. The standard InChI is InChI=1S/C35H46N4O6.ClH/c1-2-3-20-39-32(42)29(30(40)25-8-6-4-5-7-9-25)37-34(45)35(39)18-21-38(22-19-35)23-24-10-12-26(13-11-24)31(41)36-28-16-14-27(15-17-28)33(43)44;/h10-17,25,29-30,40H,2-9,18-23H2,1H3,(H,36,41)(H,37,45)(H,43,44);1H/t29-,30-;/m1./s1. The minimum atomic E-state index is -1.02. The van der Waals surface area contributed by atoms with Crippen LogP contribution in [-0.2, 0) is 16.1 Å². The number of halogens is 1. The van der Waals surface area contributed by atoms with Crippen molar-refractivity contribution in [2.24, 2.45) is 5.92 Å². The number of amides is 3. The van der Waals surface area contributed by atoms with Gasteiger partial charge in [0.1, 0.15) is 11.6 Å². The Kier molecular flexibility index (Phi) is 12.2. The minimum absolute atomic E-state index is 0. The minimum Gasteiger partial charge on any atom is -0.478 e. The third-order valence-corrected chi connectivity index (χ3v) is 9.91. The highest BCUT2D eigenvalue weighted by atomic mass is 35.5. The zero-order chi connectivity index (χ0) is 32.0. The van der Waals surface area contributed by atoms with Crippen LogP contribution in [0.15, 0.2) is 48.5 Å². The molecule has 5 rings (SSSR count). The van der Waals surface area contributed by atoms with E-state index < -0.39 is 23.7 Å². The van der Waals surface area contributed by atoms with Crippen molar-refractivity contribution in [1.82, 2.24) is 15.1 Å². The number of piperidine rings is 1. The number of carboxylic acids is 1. The normalized spacial score (nSPS) is 21.2. The van der Waals surface area contributed by atoms with Crippen LogP contribution in [0.25, 0.3) is 0 Å². The van der Waals surface area contributed by atoms with Crippen LogP contribution in [0.3, 0.4) is 0 Å². The summed E-state index contributed by atoms with van der Waals surface area (Å²) in [6, 6.07) is 12.5. The lowest BCUT2D eigenvalue weighted by molar-refractivity contribution is -0.165. The number of benzene rings is 2. The third-order valence-electron chi connectivity index (χ3n) is 9.91. The van der Waals surface area contributed by atoms with Gasteiger partial charge >= 0.3 is 5.97 Å². The Balaban J connectivity index is 0.00000480. The van der Waals surface area contributed by atoms with Crippen LogP contribution >= 0.6 is 12.4 Å². The fraction of sp³-hybridized carbons (Fsp3) is 0.543. The van der Waals surface area contributed by atoms with Crippen molar-refractivity contribution in [3.63, 3.8) is 0 Å². The van der Waals surface area contributed by atoms with E-state index >= 15 is 0 Å². The van der Waals surface area contributed by atoms with E-state index in [0.29, 0.717) is 50.3 Å². The lowest BCUT2D eigenvalue weighted by Crippen LogP contribution is -2.75. The number of rotatable bonds is 10. The molecular weight excluding hydrogens is 608 g/mol. The molecule has 3 fully saturated rings. The second-order valence-electron chi connectivity index (χ2n) is 12.9. The van der Waals surface area contributed by atoms with Gasteiger partial charge in [-0.2, -0.15) is 0 Å². The summed E-state index contributed by atoms with van der Waals surface area (Å²) >= 11 is 0. The van der Waals surface area contributed by atoms with Gasteiger partial charge in [0.25, 0.3) is 5.91 Å². The topological polar surface area (TPSA) is 139 Å². The number of aliphatic hydroxyl groups is 1. The first-order valence-corrected chi connectivity index (χ1v) is 16.5. The number of likely N-dealkylation sites (tertiary alicyclic amines) is 1. The molecule has 2 atom stereocenters. The van der Waals surface area contributed by atoms with Gasteiger partial charge in [0.05, 0.1) is 11.7 Å². The number of aromatic carboxylic acids is 1. The number of hydrogen-bond acceptors (Lipinski definition) is 6. The van der Waals surface area contributed by atoms with Crippen molar-refractivity contribution in [2.45, 2.75) is 95.4 Å². The van der Waals surface area contributed by atoms with Crippen LogP contribution < -0.4 is 10.6 Å². The SMILES string of the molecule is CCCCN1C(=O)[C@@H]([C@H](O)C2CCCCCC2)NC(=O)C12CCN(Cc1ccc(C(=O)Nc3ccc(C(=O)O)cc3)cc1)CC2.Cl. The Morgan fingerprint density at radius 2 is 1.57 bits per heavy atom. The summed E-state index contributed by atoms with van der Waals surface area (Å²) in [6.45, 7) is 4.54. The number of anilines is 1. The first-order chi connectivity index (χ1) is 21.7. The van der Waals surface area contributed by atoms with Gasteiger partial charge in [-0.3, -0.25) is 19.3 Å². The Hall–Kier alpha value is -3.47. The van der Waals surface area contributed by atoms with E-state index in [4.69, 9.17) is 5.11 Å². The molecule has 46 heavy (non-hydrogen) atoms. The highest BCUT2D eigenvalue weighted by Gasteiger charge is 2.55. The molecule has 0 bridgehead atoms. The summed E-state index contributed by atoms with van der Waals surface area (Å²) in [5.41, 5.74) is 1.29. The predicted octanol–water partition coefficient (Wildman–Crippen LogP) is 4.85. The number of piperazine rings is 1. The second kappa shape index (κ2) is 15.9. The monoisotopic (exact) mass is 654 g/mol. The molecule has 0 unspecified atom stereocenters. The van der Waals surface area contributed by atoms with Gasteiger partial charge in [0.15, 0.2) is 0 Å². The molecule has 3 aliphatic rings. The quantitative estimate of drug-likeness (QED) is 0.269. The molecular formula is C35H47ClN4O6. The number of aliphatic hydroxyl groups excluding tert-OH is 1. The maximum Gasteiger partial charge on any atom is 0.335 e. The first kappa shape index (κ1) is 35.4. The van der Waals surface area contributed by atoms with Crippen molar-refractivity contribution in [3.05, 3.63) is 65.2 Å². The number of carboxylic acid groups (broad SMARTS) is 1. The van der Waals surface area contributed by atoms with Crippen LogP contribution in [0, 0.1) is 5.92 Å². The van der Waals surface area contributed by atoms with Gasteiger partial charge in [-0.15, -0.1) is 12.4 Å². The molecule has 4 N–H and O–H groups in total. The van der Waals surface area contributed by atoms with Crippen LogP contribution in [0.4, 0.5) is 5.69 Å². The molecule has 11 heteroatoms. The van der Waals surface area contributed by atoms with Gasteiger partial charge in [0, 0.05) is 37.4 Å². The summed E-state index contributed by atoms with van der Waals surface area (Å²) in [7, 11) is 0. The number of carbonyl (C=O) groups is 4. The molecule has 250 valence electrons. The Morgan fingerprint density at radius 1 is 0.957 bits per heavy atom. The van der Waals surface area contributed by atoms with Gasteiger partial charge in [-0.25, -0.2) is 4.79 Å². The molecule has 3 amide bonds. The highest BCUT2D eigenvalue weighted by Crippen LogP contribution is 2.36. The van der Waals surface area contributed by atoms with Gasteiger partial charge < -0.3 is 25.7 Å². The molecule has 0 radical (unpaired) electrons. The zero-order valence-corrected chi connectivity index (χ0v) is 27.4. The first-order valence-electron chi connectivity index (χ1n) is 16.5. The summed E-state index contributed by atoms with van der Waals surface area (Å²) in [4.78, 5) is 55.6. The number of unbranched alkanes of at least 4 members (excludes halogenated alkanes) is 1. The predicted molar refractivity (Wildman–Crippen MR) is 178 cm³/mol. The van der Waals surface area contributed by atoms with Crippen molar-refractivity contribution in [2.75, 3.05) is 25.0 Å². The average Bonchev–Trinajstić information content (AvgIpc) is 3.34. The van der Waals surface area contributed by atoms with E-state index in [1.54, 1.807) is 29.2 Å². The van der Waals surface area contributed by atoms with E-state index in [2.05, 4.69) is 22.5 Å². The van der Waals surface area contributed by atoms with Gasteiger partial charge in [-0.1, -0.05) is 51.2 Å². The maximum absolute atomic E-state index is 13.9. The molecule has 2 aromatic carbocycles. The number of hydrogen-bond donors (Lipinski definition) is 4. The fourth-order valence-corrected chi connectivity index (χ4v) is 7.13. The zero-order valence-electron chi connectivity index (χ0n) is 26.6. The average molecular weight is 655 g/mol. The summed E-state index contributed by atoms with van der Waals surface area (Å²) in [6.07, 6.45) is 8.12. The molecule has 2 saturated heterocycles. The summed E-state index contributed by atoms with van der Waals surface area (Å²) < 4.78 is 0. The Bertz CT molecular complexity index is 1350. The number of nitrogens with one attached hydrogen (secondary N) is 2. The maximum atomic E-state index is 13.9. The molecule has 1 spiro atoms. The van der Waals surface area contributed by atoms with Crippen LogP contribution in [-0.4, -0.2) is 81.0 Å². The van der Waals surface area contributed by atoms with E-state index in [1.807, 2.05) is 12.1 Å². The summed E-state index contributed by atoms with van der Waals surface area (Å²) in [5, 5.41) is 26.1. The summed E-state index contributed by atoms with van der Waals surface area (Å²) in [5.74, 6) is -1.55. The van der Waals surface area contributed by atoms with Crippen LogP contribution in [0.5, 0.6) is 0 Å². The smallest absolute Gasteiger partial charge is 0.335 e. The molecule has 1 aliphatic carbocycles. The molecule has 0 aromatic heterocycles. The number of nitrogens with zero attached hydrogens (tertiary/aromatic N) is 2. The largest absolute Gasteiger partial charge is 0.478 e. The van der Waals surface area contributed by atoms with E-state index in [9.17, 15) is 24.3 Å². The Morgan fingerprint density at radius 3 is 2.15 bits per heavy atom. The highest BCUT2D eigenvalue weighted by molar-refractivity contribution is 6.04. The number of carbonyl (C=O) groups excluding carboxylic acids is 3. The van der Waals surface area contributed by atoms with E-state index in [0.717, 1.165) is 56.9 Å². The van der Waals surface area contributed by atoms with Crippen LogP contribution in [0.1, 0.15) is 97.4 Å². The molecule has 2 heterocycles. The molecule has 2 aliphatic heterocycles. The lowest BCUT2D eigenvalue weighted by atomic mass is 9.79. The Labute approximate surface area is 277 Å². The van der Waals surface area contributed by atoms with Gasteiger partial charge in [-0.05, 0) is 80.0 Å².